The topological polar surface area (TPSA) is 27.1 Å². The number of hydrogen-bond donors (Lipinski definition) is 0. The maximum Gasteiger partial charge on any atom is 0.435 e. The van der Waals surface area contributed by atoms with Crippen LogP contribution in [0.5, 0.6) is 0 Å². The van der Waals surface area contributed by atoms with Crippen molar-refractivity contribution in [1.29, 1.82) is 0 Å². The molecule has 0 aliphatic carbocycles. The largest absolute Gasteiger partial charge is 0.435 e. The standard InChI is InChI=1S/C6H4F6N2O/c7-5(8,9)3-15-14-2-1-4(13-14)6(10,11)12/h1-2H,3H2. The van der Waals surface area contributed by atoms with E-state index in [0.717, 1.165) is 0 Å². The first-order chi connectivity index (χ1) is 6.68. The molecule has 1 aromatic rings. The van der Waals surface area contributed by atoms with E-state index in [4.69, 9.17) is 0 Å². The Morgan fingerprint density at radius 2 is 1.80 bits per heavy atom. The van der Waals surface area contributed by atoms with Gasteiger partial charge in [-0.25, -0.2) is 0 Å². The lowest BCUT2D eigenvalue weighted by molar-refractivity contribution is -0.179. The first-order valence-electron chi connectivity index (χ1n) is 3.51. The minimum Gasteiger partial charge on any atom is -0.387 e. The molecule has 0 atom stereocenters. The van der Waals surface area contributed by atoms with Crippen molar-refractivity contribution in [3.8, 4) is 0 Å². The molecule has 0 saturated carbocycles. The van der Waals surface area contributed by atoms with Crippen molar-refractivity contribution < 1.29 is 31.2 Å². The fourth-order valence-electron chi connectivity index (χ4n) is 0.670. The number of aromatic nitrogens is 2. The predicted octanol–water partition coefficient (Wildman–Crippen LogP) is 1.89. The lowest BCUT2D eigenvalue weighted by atomic mass is 10.4. The first-order valence-corrected chi connectivity index (χ1v) is 3.51. The second kappa shape index (κ2) is 3.63. The summed E-state index contributed by atoms with van der Waals surface area (Å²) >= 11 is 0. The van der Waals surface area contributed by atoms with Gasteiger partial charge in [-0.1, -0.05) is 0 Å². The van der Waals surface area contributed by atoms with Crippen LogP contribution in [-0.2, 0) is 6.18 Å². The average molecular weight is 234 g/mol. The molecular weight excluding hydrogens is 230 g/mol. The molecule has 1 aromatic heterocycles. The summed E-state index contributed by atoms with van der Waals surface area (Å²) in [5, 5.41) is 2.75. The fourth-order valence-corrected chi connectivity index (χ4v) is 0.670. The molecule has 0 saturated heterocycles. The molecule has 0 bridgehead atoms. The number of rotatable bonds is 2. The van der Waals surface area contributed by atoms with Crippen molar-refractivity contribution in [2.45, 2.75) is 12.4 Å². The van der Waals surface area contributed by atoms with Gasteiger partial charge in [0.05, 0.1) is 6.20 Å². The van der Waals surface area contributed by atoms with Gasteiger partial charge in [0, 0.05) is 0 Å². The molecule has 1 heterocycles. The second-order valence-electron chi connectivity index (χ2n) is 2.49. The second-order valence-corrected chi connectivity index (χ2v) is 2.49. The summed E-state index contributed by atoms with van der Waals surface area (Å²) in [7, 11) is 0. The zero-order valence-corrected chi connectivity index (χ0v) is 6.93. The highest BCUT2D eigenvalue weighted by molar-refractivity contribution is 5.02. The van der Waals surface area contributed by atoms with Gasteiger partial charge in [-0.05, 0) is 6.07 Å². The highest BCUT2D eigenvalue weighted by Crippen LogP contribution is 2.27. The summed E-state index contributed by atoms with van der Waals surface area (Å²) in [6.07, 6.45) is -8.67. The van der Waals surface area contributed by atoms with Crippen LogP contribution in [0.2, 0.25) is 0 Å². The molecule has 0 amide bonds. The van der Waals surface area contributed by atoms with Crippen LogP contribution in [0, 0.1) is 0 Å². The molecule has 9 heteroatoms. The van der Waals surface area contributed by atoms with Gasteiger partial charge in [0.2, 0.25) is 6.61 Å². The van der Waals surface area contributed by atoms with Crippen LogP contribution in [0.4, 0.5) is 26.3 Å². The smallest absolute Gasteiger partial charge is 0.387 e. The Balaban J connectivity index is 2.62. The Hall–Kier alpha value is -1.41. The van der Waals surface area contributed by atoms with Crippen LogP contribution in [0.3, 0.4) is 0 Å². The molecule has 0 spiro atoms. The molecule has 15 heavy (non-hydrogen) atoms. The van der Waals surface area contributed by atoms with Gasteiger partial charge in [-0.2, -0.15) is 26.3 Å². The monoisotopic (exact) mass is 234 g/mol. The summed E-state index contributed by atoms with van der Waals surface area (Å²) in [6, 6.07) is 0.510. The Bertz CT molecular complexity index is 327. The van der Waals surface area contributed by atoms with Crippen LogP contribution in [0.25, 0.3) is 0 Å². The van der Waals surface area contributed by atoms with E-state index in [1.54, 1.807) is 0 Å². The Labute approximate surface area is 79.2 Å². The van der Waals surface area contributed by atoms with E-state index in [2.05, 4.69) is 9.94 Å². The quantitative estimate of drug-likeness (QED) is 0.730. The molecule has 0 radical (unpaired) electrons. The van der Waals surface area contributed by atoms with Crippen molar-refractivity contribution in [2.75, 3.05) is 6.61 Å². The predicted molar refractivity (Wildman–Crippen MR) is 34.7 cm³/mol. The maximum atomic E-state index is 11.9. The lowest BCUT2D eigenvalue weighted by Gasteiger charge is -2.07. The fraction of sp³-hybridized carbons (Fsp3) is 0.500. The van der Waals surface area contributed by atoms with Crippen molar-refractivity contribution in [1.82, 2.24) is 9.94 Å². The van der Waals surface area contributed by atoms with Crippen LogP contribution in [0.1, 0.15) is 5.69 Å². The molecule has 0 aromatic carbocycles. The van der Waals surface area contributed by atoms with Gasteiger partial charge in [0.15, 0.2) is 5.69 Å². The van der Waals surface area contributed by atoms with Crippen LogP contribution in [0.15, 0.2) is 12.3 Å². The van der Waals surface area contributed by atoms with E-state index in [-0.39, 0.29) is 4.85 Å². The average Bonchev–Trinajstić information content (AvgIpc) is 2.45. The molecular formula is C6H4F6N2O. The van der Waals surface area contributed by atoms with E-state index in [1.807, 2.05) is 0 Å². The van der Waals surface area contributed by atoms with Gasteiger partial charge < -0.3 is 4.84 Å². The third kappa shape index (κ3) is 3.68. The minimum absolute atomic E-state index is 0.121. The highest BCUT2D eigenvalue weighted by Gasteiger charge is 2.34. The summed E-state index contributed by atoms with van der Waals surface area (Å²) < 4.78 is 70.5. The maximum absolute atomic E-state index is 11.9. The molecule has 3 nitrogen and oxygen atoms in total. The van der Waals surface area contributed by atoms with E-state index in [9.17, 15) is 26.3 Å². The van der Waals surface area contributed by atoms with Crippen LogP contribution in [-0.4, -0.2) is 22.7 Å². The Morgan fingerprint density at radius 3 is 2.20 bits per heavy atom. The van der Waals surface area contributed by atoms with E-state index < -0.39 is 24.7 Å². The Kier molecular flexibility index (Phi) is 2.82. The molecule has 0 N–H and O–H groups in total. The SMILES string of the molecule is FC(F)(F)COn1ccc(C(F)(F)F)n1. The number of hydrogen-bond acceptors (Lipinski definition) is 2. The van der Waals surface area contributed by atoms with Gasteiger partial charge in [-0.15, -0.1) is 9.94 Å². The Morgan fingerprint density at radius 1 is 1.20 bits per heavy atom. The molecule has 86 valence electrons. The lowest BCUT2D eigenvalue weighted by Crippen LogP contribution is -2.26. The minimum atomic E-state index is -4.70. The van der Waals surface area contributed by atoms with E-state index in [0.29, 0.717) is 12.3 Å². The van der Waals surface area contributed by atoms with Gasteiger partial charge >= 0.3 is 12.4 Å². The van der Waals surface area contributed by atoms with Gasteiger partial charge in [0.25, 0.3) is 0 Å². The van der Waals surface area contributed by atoms with E-state index in [1.165, 1.54) is 0 Å². The van der Waals surface area contributed by atoms with Crippen LogP contribution < -0.4 is 4.84 Å². The van der Waals surface area contributed by atoms with E-state index >= 15 is 0 Å². The number of halogens is 6. The third-order valence-electron chi connectivity index (χ3n) is 1.22. The van der Waals surface area contributed by atoms with Gasteiger partial charge in [0.1, 0.15) is 0 Å². The van der Waals surface area contributed by atoms with Crippen LogP contribution >= 0.6 is 0 Å². The highest BCUT2D eigenvalue weighted by atomic mass is 19.4. The zero-order valence-electron chi connectivity index (χ0n) is 6.93. The number of nitrogens with zero attached hydrogens (tertiary/aromatic N) is 2. The molecule has 0 aliphatic heterocycles. The summed E-state index contributed by atoms with van der Waals surface area (Å²) in [5.41, 5.74) is -1.32. The molecule has 1 rings (SSSR count). The first kappa shape index (κ1) is 11.7. The van der Waals surface area contributed by atoms with Crippen molar-refractivity contribution in [3.05, 3.63) is 18.0 Å². The van der Waals surface area contributed by atoms with Crippen molar-refractivity contribution >= 4 is 0 Å². The zero-order chi connectivity index (χ0) is 11.7. The summed E-state index contributed by atoms with van der Waals surface area (Å²) in [5.74, 6) is 0. The summed E-state index contributed by atoms with van der Waals surface area (Å²) in [6.45, 7) is -1.70. The summed E-state index contributed by atoms with van der Waals surface area (Å²) in [4.78, 5) is 4.05. The van der Waals surface area contributed by atoms with Crippen molar-refractivity contribution in [3.63, 3.8) is 0 Å². The normalized spacial score (nSPS) is 12.9. The van der Waals surface area contributed by atoms with Gasteiger partial charge in [-0.3, -0.25) is 0 Å². The molecule has 0 aliphatic rings. The molecule has 0 fully saturated rings. The third-order valence-corrected chi connectivity index (χ3v) is 1.22. The number of alkyl halides is 6. The molecule has 0 unspecified atom stereocenters. The van der Waals surface area contributed by atoms with Crippen molar-refractivity contribution in [2.24, 2.45) is 0 Å².